The summed E-state index contributed by atoms with van der Waals surface area (Å²) in [6.07, 6.45) is 3.13. The van der Waals surface area contributed by atoms with E-state index in [2.05, 4.69) is 0 Å². The first-order valence-electron chi connectivity index (χ1n) is 6.94. The highest BCUT2D eigenvalue weighted by atomic mass is 35.5. The number of hydrogen-bond donors (Lipinski definition) is 1. The zero-order valence-corrected chi connectivity index (χ0v) is 12.1. The number of nitrogens with zero attached hydrogens (tertiary/aromatic N) is 1. The van der Waals surface area contributed by atoms with Crippen molar-refractivity contribution in [3.63, 3.8) is 0 Å². The molecule has 0 heterocycles. The fourth-order valence-electron chi connectivity index (χ4n) is 2.95. The van der Waals surface area contributed by atoms with E-state index in [4.69, 9.17) is 17.3 Å². The van der Waals surface area contributed by atoms with Crippen LogP contribution in [0, 0.1) is 11.8 Å². The molecule has 1 saturated carbocycles. The van der Waals surface area contributed by atoms with Crippen molar-refractivity contribution in [3.8, 4) is 0 Å². The van der Waals surface area contributed by atoms with Crippen molar-refractivity contribution in [2.24, 2.45) is 17.6 Å². The molecule has 0 unspecified atom stereocenters. The molecule has 1 amide bonds. The molecule has 0 spiro atoms. The van der Waals surface area contributed by atoms with Crippen molar-refractivity contribution in [3.05, 3.63) is 29.3 Å². The Hall–Kier alpha value is -1.06. The Morgan fingerprint density at radius 3 is 2.89 bits per heavy atom. The molecular weight excluding hydrogens is 260 g/mol. The van der Waals surface area contributed by atoms with Crippen molar-refractivity contribution in [1.82, 2.24) is 0 Å². The molecule has 4 heteroatoms. The minimum atomic E-state index is 0.0731. The smallest absolute Gasteiger partial charge is 0.230 e. The summed E-state index contributed by atoms with van der Waals surface area (Å²) in [6.45, 7) is 3.25. The summed E-state index contributed by atoms with van der Waals surface area (Å²) < 4.78 is 0. The Bertz CT molecular complexity index is 450. The largest absolute Gasteiger partial charge is 0.330 e. The summed E-state index contributed by atoms with van der Waals surface area (Å²) in [7, 11) is 0. The third kappa shape index (κ3) is 3.10. The van der Waals surface area contributed by atoms with Gasteiger partial charge in [0.15, 0.2) is 0 Å². The van der Waals surface area contributed by atoms with Crippen LogP contribution in [0.15, 0.2) is 24.3 Å². The molecule has 19 heavy (non-hydrogen) atoms. The molecule has 1 aliphatic rings. The second-order valence-electron chi connectivity index (χ2n) is 5.10. The number of benzene rings is 1. The number of rotatable bonds is 4. The van der Waals surface area contributed by atoms with Crippen LogP contribution < -0.4 is 10.6 Å². The lowest BCUT2D eigenvalue weighted by molar-refractivity contribution is -0.123. The van der Waals surface area contributed by atoms with E-state index in [1.165, 1.54) is 0 Å². The first-order valence-corrected chi connectivity index (χ1v) is 7.32. The van der Waals surface area contributed by atoms with E-state index in [0.29, 0.717) is 24.0 Å². The van der Waals surface area contributed by atoms with Crippen LogP contribution in [0.1, 0.15) is 26.2 Å². The van der Waals surface area contributed by atoms with Crippen molar-refractivity contribution in [2.45, 2.75) is 26.2 Å². The quantitative estimate of drug-likeness (QED) is 0.921. The van der Waals surface area contributed by atoms with Crippen LogP contribution in [-0.4, -0.2) is 19.0 Å². The number of halogens is 1. The standard InChI is InChI=1S/C15H21ClN2O/c1-2-18(13-7-4-6-12(16)9-13)15(19)14-8-3-5-11(14)10-17/h4,6-7,9,11,14H,2-3,5,8,10,17H2,1H3/t11-,14-/m1/s1. The van der Waals surface area contributed by atoms with Crippen molar-refractivity contribution in [1.29, 1.82) is 0 Å². The third-order valence-electron chi connectivity index (χ3n) is 3.98. The molecule has 104 valence electrons. The van der Waals surface area contributed by atoms with Crippen LogP contribution in [-0.2, 0) is 4.79 Å². The normalized spacial score (nSPS) is 22.5. The lowest BCUT2D eigenvalue weighted by Gasteiger charge is -2.27. The summed E-state index contributed by atoms with van der Waals surface area (Å²) in [6, 6.07) is 7.47. The van der Waals surface area contributed by atoms with Crippen LogP contribution in [0.3, 0.4) is 0 Å². The molecule has 0 aromatic heterocycles. The van der Waals surface area contributed by atoms with E-state index in [-0.39, 0.29) is 11.8 Å². The van der Waals surface area contributed by atoms with Crippen LogP contribution >= 0.6 is 11.6 Å². The number of anilines is 1. The van der Waals surface area contributed by atoms with Gasteiger partial charge in [0.25, 0.3) is 0 Å². The van der Waals surface area contributed by atoms with Crippen molar-refractivity contribution >= 4 is 23.2 Å². The van der Waals surface area contributed by atoms with Gasteiger partial charge in [0.05, 0.1) is 0 Å². The molecule has 1 aromatic rings. The minimum Gasteiger partial charge on any atom is -0.330 e. The minimum absolute atomic E-state index is 0.0731. The molecule has 1 fully saturated rings. The maximum absolute atomic E-state index is 12.7. The third-order valence-corrected chi connectivity index (χ3v) is 4.22. The number of nitrogens with two attached hydrogens (primary N) is 1. The molecule has 2 atom stereocenters. The predicted molar refractivity (Wildman–Crippen MR) is 79.4 cm³/mol. The van der Waals surface area contributed by atoms with E-state index in [1.54, 1.807) is 0 Å². The summed E-state index contributed by atoms with van der Waals surface area (Å²) in [5.74, 6) is 0.599. The zero-order chi connectivity index (χ0) is 13.8. The molecule has 0 bridgehead atoms. The summed E-state index contributed by atoms with van der Waals surface area (Å²) in [5.41, 5.74) is 6.65. The Morgan fingerprint density at radius 1 is 1.47 bits per heavy atom. The molecule has 2 rings (SSSR count). The number of carbonyl (C=O) groups excluding carboxylic acids is 1. The number of hydrogen-bond acceptors (Lipinski definition) is 2. The molecule has 0 saturated heterocycles. The van der Waals surface area contributed by atoms with Crippen LogP contribution in [0.2, 0.25) is 5.02 Å². The van der Waals surface area contributed by atoms with Gasteiger partial charge in [-0.1, -0.05) is 24.1 Å². The highest BCUT2D eigenvalue weighted by Crippen LogP contribution is 2.33. The van der Waals surface area contributed by atoms with E-state index in [9.17, 15) is 4.79 Å². The number of carbonyl (C=O) groups is 1. The van der Waals surface area contributed by atoms with Gasteiger partial charge in [-0.15, -0.1) is 0 Å². The van der Waals surface area contributed by atoms with Gasteiger partial charge < -0.3 is 10.6 Å². The first-order chi connectivity index (χ1) is 9.17. The van der Waals surface area contributed by atoms with Crippen LogP contribution in [0.4, 0.5) is 5.69 Å². The van der Waals surface area contributed by atoms with Crippen molar-refractivity contribution < 1.29 is 4.79 Å². The molecule has 3 nitrogen and oxygen atoms in total. The Kier molecular flexibility index (Phi) is 4.83. The van der Waals surface area contributed by atoms with Gasteiger partial charge in [-0.3, -0.25) is 4.79 Å². The fraction of sp³-hybridized carbons (Fsp3) is 0.533. The van der Waals surface area contributed by atoms with E-state index >= 15 is 0 Å². The topological polar surface area (TPSA) is 46.3 Å². The summed E-state index contributed by atoms with van der Waals surface area (Å²) in [4.78, 5) is 14.5. The van der Waals surface area contributed by atoms with Crippen LogP contribution in [0.5, 0.6) is 0 Å². The van der Waals surface area contributed by atoms with Gasteiger partial charge in [-0.2, -0.15) is 0 Å². The van der Waals surface area contributed by atoms with Gasteiger partial charge in [-0.05, 0) is 50.4 Å². The average Bonchev–Trinajstić information content (AvgIpc) is 2.87. The molecule has 1 aromatic carbocycles. The Balaban J connectivity index is 2.19. The molecule has 0 radical (unpaired) electrons. The zero-order valence-electron chi connectivity index (χ0n) is 11.3. The highest BCUT2D eigenvalue weighted by molar-refractivity contribution is 6.30. The summed E-state index contributed by atoms with van der Waals surface area (Å²) in [5, 5.41) is 0.658. The highest BCUT2D eigenvalue weighted by Gasteiger charge is 2.34. The van der Waals surface area contributed by atoms with Crippen molar-refractivity contribution in [2.75, 3.05) is 18.0 Å². The number of amides is 1. The lowest BCUT2D eigenvalue weighted by Crippen LogP contribution is -2.39. The van der Waals surface area contributed by atoms with Gasteiger partial charge in [0, 0.05) is 23.2 Å². The van der Waals surface area contributed by atoms with E-state index in [0.717, 1.165) is 24.9 Å². The van der Waals surface area contributed by atoms with E-state index in [1.807, 2.05) is 36.1 Å². The second kappa shape index (κ2) is 6.40. The Morgan fingerprint density at radius 2 is 2.26 bits per heavy atom. The van der Waals surface area contributed by atoms with E-state index < -0.39 is 0 Å². The van der Waals surface area contributed by atoms with Gasteiger partial charge in [0.1, 0.15) is 0 Å². The maximum Gasteiger partial charge on any atom is 0.230 e. The second-order valence-corrected chi connectivity index (χ2v) is 5.53. The monoisotopic (exact) mass is 280 g/mol. The molecule has 0 aliphatic heterocycles. The van der Waals surface area contributed by atoms with Crippen LogP contribution in [0.25, 0.3) is 0 Å². The van der Waals surface area contributed by atoms with Gasteiger partial charge in [0.2, 0.25) is 5.91 Å². The molecular formula is C15H21ClN2O. The summed E-state index contributed by atoms with van der Waals surface area (Å²) >= 11 is 6.01. The SMILES string of the molecule is CCN(C(=O)[C@@H]1CCC[C@@H]1CN)c1cccc(Cl)c1. The predicted octanol–water partition coefficient (Wildman–Crippen LogP) is 3.07. The Labute approximate surface area is 119 Å². The first kappa shape index (κ1) is 14.4. The lowest BCUT2D eigenvalue weighted by atomic mass is 9.94. The molecule has 2 N–H and O–H groups in total. The van der Waals surface area contributed by atoms with Gasteiger partial charge in [-0.25, -0.2) is 0 Å². The molecule has 1 aliphatic carbocycles. The average molecular weight is 281 g/mol. The van der Waals surface area contributed by atoms with Gasteiger partial charge >= 0.3 is 0 Å². The fourth-order valence-corrected chi connectivity index (χ4v) is 3.14. The maximum atomic E-state index is 12.7.